The van der Waals surface area contributed by atoms with Crippen LogP contribution in [0.4, 0.5) is 10.5 Å². The number of para-hydroxylation sites is 2. The van der Waals surface area contributed by atoms with Crippen molar-refractivity contribution in [3.8, 4) is 17.2 Å². The summed E-state index contributed by atoms with van der Waals surface area (Å²) in [5, 5.41) is 4.35. The summed E-state index contributed by atoms with van der Waals surface area (Å²) in [6.07, 6.45) is 0.570. The lowest BCUT2D eigenvalue weighted by atomic mass is 10.1. The van der Waals surface area contributed by atoms with Gasteiger partial charge < -0.3 is 29.0 Å². The molecule has 9 heteroatoms. The van der Waals surface area contributed by atoms with E-state index < -0.39 is 18.1 Å². The molecule has 0 radical (unpaired) electrons. The van der Waals surface area contributed by atoms with E-state index in [9.17, 15) is 9.59 Å². The van der Waals surface area contributed by atoms with Crippen LogP contribution in [0.5, 0.6) is 17.2 Å². The zero-order valence-electron chi connectivity index (χ0n) is 21.1. The van der Waals surface area contributed by atoms with Gasteiger partial charge in [0.1, 0.15) is 6.61 Å². The predicted octanol–water partition coefficient (Wildman–Crippen LogP) is 5.96. The molecular weight excluding hydrogens is 506 g/mol. The zero-order valence-corrected chi connectivity index (χ0v) is 21.9. The maximum absolute atomic E-state index is 13.3. The maximum atomic E-state index is 13.3. The maximum Gasteiger partial charge on any atom is 0.415 e. The average molecular weight is 534 g/mol. The molecule has 0 bridgehead atoms. The molecule has 1 aliphatic rings. The normalized spacial score (nSPS) is 14.2. The Hall–Kier alpha value is -4.17. The quantitative estimate of drug-likeness (QED) is 0.317. The van der Waals surface area contributed by atoms with Crippen LogP contribution in [0.3, 0.4) is 0 Å². The fourth-order valence-corrected chi connectivity index (χ4v) is 4.51. The SMILES string of the molecule is CCN(CC)C(=O)Oc1ccc2c(ccn2Cc2ccc(Cl)cc2)c1NC(=O)[C@H]1COc2ccccc2O1. The molecule has 2 amide bonds. The van der Waals surface area contributed by atoms with Crippen LogP contribution in [-0.2, 0) is 11.3 Å². The Morgan fingerprint density at radius 2 is 1.76 bits per heavy atom. The Kier molecular flexibility index (Phi) is 7.42. The van der Waals surface area contributed by atoms with Crippen molar-refractivity contribution in [2.45, 2.75) is 26.5 Å². The van der Waals surface area contributed by atoms with Crippen molar-refractivity contribution in [1.29, 1.82) is 0 Å². The number of benzene rings is 3. The number of carbonyl (C=O) groups excluding carboxylic acids is 2. The minimum atomic E-state index is -0.873. The molecule has 196 valence electrons. The van der Waals surface area contributed by atoms with Gasteiger partial charge in [0.25, 0.3) is 5.91 Å². The molecule has 38 heavy (non-hydrogen) atoms. The molecule has 0 spiro atoms. The van der Waals surface area contributed by atoms with Gasteiger partial charge in [-0.1, -0.05) is 35.9 Å². The van der Waals surface area contributed by atoms with E-state index in [-0.39, 0.29) is 12.4 Å². The van der Waals surface area contributed by atoms with Crippen LogP contribution in [-0.4, -0.2) is 47.3 Å². The molecule has 5 rings (SSSR count). The van der Waals surface area contributed by atoms with Crippen molar-refractivity contribution in [2.24, 2.45) is 0 Å². The third-order valence-electron chi connectivity index (χ3n) is 6.45. The molecule has 1 aliphatic heterocycles. The molecular formula is C29H28ClN3O5. The minimum absolute atomic E-state index is 0.0605. The van der Waals surface area contributed by atoms with Crippen LogP contribution in [0.2, 0.25) is 5.02 Å². The van der Waals surface area contributed by atoms with Crippen LogP contribution >= 0.6 is 11.6 Å². The Morgan fingerprint density at radius 1 is 1.03 bits per heavy atom. The highest BCUT2D eigenvalue weighted by Gasteiger charge is 2.29. The number of hydrogen-bond acceptors (Lipinski definition) is 5. The summed E-state index contributed by atoms with van der Waals surface area (Å²) >= 11 is 6.04. The van der Waals surface area contributed by atoms with Gasteiger partial charge in [-0.15, -0.1) is 0 Å². The van der Waals surface area contributed by atoms with Crippen LogP contribution in [0.15, 0.2) is 72.9 Å². The van der Waals surface area contributed by atoms with E-state index >= 15 is 0 Å². The third-order valence-corrected chi connectivity index (χ3v) is 6.70. The van der Waals surface area contributed by atoms with E-state index in [1.54, 1.807) is 23.1 Å². The number of fused-ring (bicyclic) bond motifs is 2. The first-order valence-electron chi connectivity index (χ1n) is 12.5. The monoisotopic (exact) mass is 533 g/mol. The van der Waals surface area contributed by atoms with Crippen molar-refractivity contribution in [1.82, 2.24) is 9.47 Å². The number of nitrogens with zero attached hydrogens (tertiary/aromatic N) is 2. The van der Waals surface area contributed by atoms with Crippen molar-refractivity contribution in [2.75, 3.05) is 25.0 Å². The Morgan fingerprint density at radius 3 is 2.50 bits per heavy atom. The molecule has 0 saturated carbocycles. The van der Waals surface area contributed by atoms with Crippen molar-refractivity contribution in [3.63, 3.8) is 0 Å². The fraction of sp³-hybridized carbons (Fsp3) is 0.241. The van der Waals surface area contributed by atoms with Gasteiger partial charge in [0.15, 0.2) is 17.2 Å². The van der Waals surface area contributed by atoms with Gasteiger partial charge in [0.05, 0.1) is 11.2 Å². The van der Waals surface area contributed by atoms with Gasteiger partial charge in [-0.25, -0.2) is 4.79 Å². The van der Waals surface area contributed by atoms with Gasteiger partial charge in [-0.05, 0) is 61.9 Å². The van der Waals surface area contributed by atoms with Crippen molar-refractivity contribution in [3.05, 3.63) is 83.5 Å². The predicted molar refractivity (Wildman–Crippen MR) is 146 cm³/mol. The molecule has 0 fully saturated rings. The molecule has 2 heterocycles. The van der Waals surface area contributed by atoms with Gasteiger partial charge in [0.2, 0.25) is 6.10 Å². The van der Waals surface area contributed by atoms with Gasteiger partial charge in [-0.2, -0.15) is 0 Å². The number of hydrogen-bond donors (Lipinski definition) is 1. The lowest BCUT2D eigenvalue weighted by Crippen LogP contribution is -2.40. The van der Waals surface area contributed by atoms with E-state index in [0.29, 0.717) is 41.8 Å². The van der Waals surface area contributed by atoms with E-state index in [1.807, 2.05) is 68.6 Å². The molecule has 1 N–H and O–H groups in total. The van der Waals surface area contributed by atoms with Crippen LogP contribution in [0.1, 0.15) is 19.4 Å². The van der Waals surface area contributed by atoms with E-state index in [1.165, 1.54) is 0 Å². The van der Waals surface area contributed by atoms with Crippen molar-refractivity contribution >= 4 is 40.2 Å². The first-order chi connectivity index (χ1) is 18.5. The second kappa shape index (κ2) is 11.1. The Balaban J connectivity index is 1.47. The topological polar surface area (TPSA) is 82.0 Å². The third kappa shape index (κ3) is 5.26. The van der Waals surface area contributed by atoms with Crippen molar-refractivity contribution < 1.29 is 23.8 Å². The summed E-state index contributed by atoms with van der Waals surface area (Å²) in [5.41, 5.74) is 2.33. The highest BCUT2D eigenvalue weighted by atomic mass is 35.5. The average Bonchev–Trinajstić information content (AvgIpc) is 3.34. The number of carbonyl (C=O) groups is 2. The Bertz CT molecular complexity index is 1460. The fourth-order valence-electron chi connectivity index (χ4n) is 4.38. The summed E-state index contributed by atoms with van der Waals surface area (Å²) in [5.74, 6) is 0.938. The number of amides is 2. The number of anilines is 1. The smallest absolute Gasteiger partial charge is 0.415 e. The van der Waals surface area contributed by atoms with Crippen LogP contribution < -0.4 is 19.5 Å². The summed E-state index contributed by atoms with van der Waals surface area (Å²) in [6, 6.07) is 20.3. The zero-order chi connectivity index (χ0) is 26.6. The number of ether oxygens (including phenoxy) is 3. The lowest BCUT2D eigenvalue weighted by Gasteiger charge is -2.26. The largest absolute Gasteiger partial charge is 0.485 e. The molecule has 0 aliphatic carbocycles. The molecule has 0 saturated heterocycles. The standard InChI is InChI=1S/C29H28ClN3O5/c1-3-32(4-2)29(35)38-25-14-13-22-21(15-16-33(22)17-19-9-11-20(30)12-10-19)27(25)31-28(34)26-18-36-23-7-5-6-8-24(23)37-26/h5-16,26H,3-4,17-18H2,1-2H3,(H,31,34)/t26-/m1/s1. The number of halogens is 1. The van der Waals surface area contributed by atoms with Crippen LogP contribution in [0, 0.1) is 0 Å². The second-order valence-corrected chi connectivity index (χ2v) is 9.27. The minimum Gasteiger partial charge on any atom is -0.485 e. The molecule has 3 aromatic carbocycles. The first kappa shape index (κ1) is 25.5. The number of rotatable bonds is 7. The van der Waals surface area contributed by atoms with E-state index in [0.717, 1.165) is 16.5 Å². The highest BCUT2D eigenvalue weighted by molar-refractivity contribution is 6.30. The lowest BCUT2D eigenvalue weighted by molar-refractivity contribution is -0.125. The number of nitrogens with one attached hydrogen (secondary N) is 1. The highest BCUT2D eigenvalue weighted by Crippen LogP contribution is 2.36. The summed E-state index contributed by atoms with van der Waals surface area (Å²) in [7, 11) is 0. The molecule has 1 atom stereocenters. The molecule has 1 aromatic heterocycles. The molecule has 0 unspecified atom stereocenters. The molecule has 8 nitrogen and oxygen atoms in total. The van der Waals surface area contributed by atoms with Crippen LogP contribution in [0.25, 0.3) is 10.9 Å². The summed E-state index contributed by atoms with van der Waals surface area (Å²) < 4.78 is 19.4. The Labute approximate surface area is 225 Å². The molecule has 4 aromatic rings. The number of aromatic nitrogens is 1. The second-order valence-electron chi connectivity index (χ2n) is 8.84. The van der Waals surface area contributed by atoms with Gasteiger partial charge in [0, 0.05) is 36.2 Å². The van der Waals surface area contributed by atoms with Gasteiger partial charge >= 0.3 is 6.09 Å². The first-order valence-corrected chi connectivity index (χ1v) is 12.9. The summed E-state index contributed by atoms with van der Waals surface area (Å²) in [6.45, 7) is 5.43. The summed E-state index contributed by atoms with van der Waals surface area (Å²) in [4.78, 5) is 27.7. The van der Waals surface area contributed by atoms with Gasteiger partial charge in [-0.3, -0.25) is 4.79 Å². The van der Waals surface area contributed by atoms with E-state index in [4.69, 9.17) is 25.8 Å². The van der Waals surface area contributed by atoms with E-state index in [2.05, 4.69) is 9.88 Å².